The van der Waals surface area contributed by atoms with Crippen molar-refractivity contribution in [3.05, 3.63) is 59.9 Å². The number of hydrogen-bond donors (Lipinski definition) is 1. The maximum atomic E-state index is 13.0. The number of hydrogen-bond acceptors (Lipinski definition) is 2. The van der Waals surface area contributed by atoms with Crippen LogP contribution in [0.3, 0.4) is 0 Å². The number of aromatic nitrogens is 1. The minimum atomic E-state index is -0.605. The summed E-state index contributed by atoms with van der Waals surface area (Å²) < 4.78 is 1.86. The van der Waals surface area contributed by atoms with E-state index >= 15 is 0 Å². The maximum absolute atomic E-state index is 13.0. The molecule has 2 amide bonds. The molecular weight excluding hydrogens is 302 g/mol. The Labute approximate surface area is 141 Å². The van der Waals surface area contributed by atoms with Crippen molar-refractivity contribution in [2.45, 2.75) is 32.9 Å². The number of para-hydroxylation sites is 1. The monoisotopic (exact) mass is 324 g/mol. The van der Waals surface area contributed by atoms with Crippen molar-refractivity contribution in [3.63, 3.8) is 0 Å². The number of nitrogens with zero attached hydrogens (tertiary/aromatic N) is 2. The second-order valence-corrected chi connectivity index (χ2v) is 6.05. The Kier molecular flexibility index (Phi) is 4.60. The molecule has 0 saturated carbocycles. The normalized spacial score (nSPS) is 16.7. The van der Waals surface area contributed by atoms with Gasteiger partial charge in [0.05, 0.1) is 0 Å². The van der Waals surface area contributed by atoms with Crippen molar-refractivity contribution in [2.75, 3.05) is 11.9 Å². The SMILES string of the molecule is CCCN1C(=O)C[n+]2ccccc2[C@H]1C(=O)Nc1ccccc1C. The van der Waals surface area contributed by atoms with Gasteiger partial charge in [0.15, 0.2) is 12.2 Å². The predicted octanol–water partition coefficient (Wildman–Crippen LogP) is 2.21. The molecule has 0 unspecified atom stereocenters. The number of aryl methyl sites for hydroxylation is 1. The number of amides is 2. The topological polar surface area (TPSA) is 53.3 Å². The summed E-state index contributed by atoms with van der Waals surface area (Å²) in [7, 11) is 0. The second kappa shape index (κ2) is 6.83. The molecule has 3 rings (SSSR count). The summed E-state index contributed by atoms with van der Waals surface area (Å²) in [6, 6.07) is 12.7. The molecule has 2 heterocycles. The number of anilines is 1. The van der Waals surface area contributed by atoms with E-state index in [0.29, 0.717) is 6.54 Å². The lowest BCUT2D eigenvalue weighted by molar-refractivity contribution is -0.698. The fourth-order valence-electron chi connectivity index (χ4n) is 3.11. The van der Waals surface area contributed by atoms with Crippen LogP contribution in [-0.4, -0.2) is 23.3 Å². The van der Waals surface area contributed by atoms with E-state index in [1.807, 2.05) is 67.1 Å². The molecule has 5 heteroatoms. The number of benzene rings is 1. The van der Waals surface area contributed by atoms with E-state index in [2.05, 4.69) is 5.32 Å². The molecule has 2 aromatic rings. The highest BCUT2D eigenvalue weighted by atomic mass is 16.2. The average molecular weight is 324 g/mol. The van der Waals surface area contributed by atoms with Gasteiger partial charge in [-0.25, -0.2) is 0 Å². The highest BCUT2D eigenvalue weighted by Gasteiger charge is 2.42. The van der Waals surface area contributed by atoms with E-state index in [1.54, 1.807) is 4.90 Å². The summed E-state index contributed by atoms with van der Waals surface area (Å²) >= 11 is 0. The van der Waals surface area contributed by atoms with Crippen LogP contribution in [-0.2, 0) is 16.1 Å². The van der Waals surface area contributed by atoms with Gasteiger partial charge in [0.25, 0.3) is 11.8 Å². The van der Waals surface area contributed by atoms with Gasteiger partial charge in [-0.3, -0.25) is 9.59 Å². The Balaban J connectivity index is 1.96. The molecule has 0 fully saturated rings. The third kappa shape index (κ3) is 3.02. The van der Waals surface area contributed by atoms with Crippen LogP contribution in [0.5, 0.6) is 0 Å². The molecule has 1 aliphatic heterocycles. The summed E-state index contributed by atoms with van der Waals surface area (Å²) in [5, 5.41) is 2.98. The predicted molar refractivity (Wildman–Crippen MR) is 91.2 cm³/mol. The average Bonchev–Trinajstić information content (AvgIpc) is 2.57. The van der Waals surface area contributed by atoms with Gasteiger partial charge in [-0.2, -0.15) is 4.57 Å². The molecule has 24 heavy (non-hydrogen) atoms. The summed E-state index contributed by atoms with van der Waals surface area (Å²) in [5.74, 6) is -0.198. The van der Waals surface area contributed by atoms with Gasteiger partial charge in [-0.1, -0.05) is 31.2 Å². The quantitative estimate of drug-likeness (QED) is 0.877. The zero-order valence-electron chi connectivity index (χ0n) is 14.0. The highest BCUT2D eigenvalue weighted by Crippen LogP contribution is 2.25. The van der Waals surface area contributed by atoms with Gasteiger partial charge >= 0.3 is 0 Å². The third-order valence-electron chi connectivity index (χ3n) is 4.31. The van der Waals surface area contributed by atoms with Crippen LogP contribution < -0.4 is 9.88 Å². The van der Waals surface area contributed by atoms with Gasteiger partial charge in [0.2, 0.25) is 12.2 Å². The van der Waals surface area contributed by atoms with E-state index in [0.717, 1.165) is 23.4 Å². The molecule has 124 valence electrons. The molecule has 1 N–H and O–H groups in total. The van der Waals surface area contributed by atoms with Crippen LogP contribution in [0.1, 0.15) is 30.6 Å². The maximum Gasteiger partial charge on any atom is 0.289 e. The number of nitrogens with one attached hydrogen (secondary N) is 1. The molecule has 5 nitrogen and oxygen atoms in total. The fourth-order valence-corrected chi connectivity index (χ4v) is 3.11. The first kappa shape index (κ1) is 16.2. The van der Waals surface area contributed by atoms with E-state index in [9.17, 15) is 9.59 Å². The van der Waals surface area contributed by atoms with Crippen molar-refractivity contribution < 1.29 is 14.2 Å². The van der Waals surface area contributed by atoms with Gasteiger partial charge < -0.3 is 10.2 Å². The summed E-state index contributed by atoms with van der Waals surface area (Å²) in [5.41, 5.74) is 2.62. The Morgan fingerprint density at radius 2 is 2.00 bits per heavy atom. The minimum absolute atomic E-state index is 0.0227. The minimum Gasteiger partial charge on any atom is -0.324 e. The number of fused-ring (bicyclic) bond motifs is 1. The molecule has 0 saturated heterocycles. The van der Waals surface area contributed by atoms with Crippen LogP contribution in [0.2, 0.25) is 0 Å². The number of pyridine rings is 1. The van der Waals surface area contributed by atoms with Crippen molar-refractivity contribution in [3.8, 4) is 0 Å². The van der Waals surface area contributed by atoms with Gasteiger partial charge in [-0.05, 0) is 25.0 Å². The van der Waals surface area contributed by atoms with E-state index < -0.39 is 6.04 Å². The Hall–Kier alpha value is -2.69. The lowest BCUT2D eigenvalue weighted by atomic mass is 10.1. The molecule has 0 spiro atoms. The molecule has 1 aromatic carbocycles. The Morgan fingerprint density at radius 1 is 1.25 bits per heavy atom. The number of carbonyl (C=O) groups excluding carboxylic acids is 2. The Bertz CT molecular complexity index is 773. The summed E-state index contributed by atoms with van der Waals surface area (Å²) in [4.78, 5) is 27.2. The molecular formula is C19H22N3O2+. The first-order chi connectivity index (χ1) is 11.6. The Morgan fingerprint density at radius 3 is 2.75 bits per heavy atom. The van der Waals surface area contributed by atoms with Gasteiger partial charge in [-0.15, -0.1) is 0 Å². The van der Waals surface area contributed by atoms with Gasteiger partial charge in [0.1, 0.15) is 0 Å². The first-order valence-corrected chi connectivity index (χ1v) is 8.26. The first-order valence-electron chi connectivity index (χ1n) is 8.26. The number of carbonyl (C=O) groups is 2. The van der Waals surface area contributed by atoms with Crippen LogP contribution >= 0.6 is 0 Å². The zero-order valence-corrected chi connectivity index (χ0v) is 14.0. The molecule has 0 aliphatic carbocycles. The molecule has 1 atom stereocenters. The van der Waals surface area contributed by atoms with Crippen LogP contribution in [0.25, 0.3) is 0 Å². The standard InChI is InChI=1S/C19H21N3O2/c1-3-11-22-17(23)13-21-12-7-6-10-16(21)18(22)19(24)20-15-9-5-4-8-14(15)2/h4-10,12,18H,3,11,13H2,1-2H3/p+1/t18-/m0/s1. The molecule has 0 bridgehead atoms. The second-order valence-electron chi connectivity index (χ2n) is 6.05. The fraction of sp³-hybridized carbons (Fsp3) is 0.316. The lowest BCUT2D eigenvalue weighted by Crippen LogP contribution is -2.58. The van der Waals surface area contributed by atoms with E-state index in [4.69, 9.17) is 0 Å². The van der Waals surface area contributed by atoms with Crippen LogP contribution in [0.4, 0.5) is 5.69 Å². The zero-order chi connectivity index (χ0) is 17.1. The molecule has 0 radical (unpaired) electrons. The van der Waals surface area contributed by atoms with Crippen molar-refractivity contribution >= 4 is 17.5 Å². The largest absolute Gasteiger partial charge is 0.324 e. The van der Waals surface area contributed by atoms with Crippen molar-refractivity contribution in [1.82, 2.24) is 4.90 Å². The van der Waals surface area contributed by atoms with Crippen LogP contribution in [0.15, 0.2) is 48.7 Å². The van der Waals surface area contributed by atoms with Crippen molar-refractivity contribution in [2.24, 2.45) is 0 Å². The third-order valence-corrected chi connectivity index (χ3v) is 4.31. The van der Waals surface area contributed by atoms with Crippen LogP contribution in [0, 0.1) is 6.92 Å². The number of rotatable bonds is 4. The molecule has 1 aliphatic rings. The van der Waals surface area contributed by atoms with Crippen molar-refractivity contribution in [1.29, 1.82) is 0 Å². The van der Waals surface area contributed by atoms with Gasteiger partial charge in [0, 0.05) is 24.4 Å². The van der Waals surface area contributed by atoms with E-state index in [-0.39, 0.29) is 18.4 Å². The smallest absolute Gasteiger partial charge is 0.289 e. The molecule has 1 aromatic heterocycles. The highest BCUT2D eigenvalue weighted by molar-refractivity contribution is 5.98. The summed E-state index contributed by atoms with van der Waals surface area (Å²) in [6.07, 6.45) is 2.66. The summed E-state index contributed by atoms with van der Waals surface area (Å²) in [6.45, 7) is 4.81. The lowest BCUT2D eigenvalue weighted by Gasteiger charge is -2.32. The van der Waals surface area contributed by atoms with E-state index in [1.165, 1.54) is 0 Å².